The number of hydrogen-bond donors (Lipinski definition) is 1. The zero-order valence-electron chi connectivity index (χ0n) is 10.4. The Balaban J connectivity index is 2.61. The van der Waals surface area contributed by atoms with Crippen molar-refractivity contribution < 1.29 is 4.79 Å². The zero-order chi connectivity index (χ0) is 12.8. The van der Waals surface area contributed by atoms with E-state index in [4.69, 9.17) is 17.3 Å². The number of rotatable bonds is 6. The Morgan fingerprint density at radius 1 is 1.29 bits per heavy atom. The van der Waals surface area contributed by atoms with Crippen LogP contribution in [-0.2, 0) is 0 Å². The molecule has 0 saturated carbocycles. The number of carbonyl (C=O) groups is 1. The van der Waals surface area contributed by atoms with Gasteiger partial charge in [0.15, 0.2) is 5.78 Å². The van der Waals surface area contributed by atoms with Gasteiger partial charge in [-0.05, 0) is 49.1 Å². The van der Waals surface area contributed by atoms with Gasteiger partial charge in [0.25, 0.3) is 0 Å². The van der Waals surface area contributed by atoms with E-state index in [0.29, 0.717) is 23.9 Å². The Bertz CT molecular complexity index is 359. The summed E-state index contributed by atoms with van der Waals surface area (Å²) in [6.07, 6.45) is 1.52. The van der Waals surface area contributed by atoms with Crippen molar-refractivity contribution in [2.24, 2.45) is 17.6 Å². The summed E-state index contributed by atoms with van der Waals surface area (Å²) in [5.74, 6) is 0.998. The third-order valence-corrected chi connectivity index (χ3v) is 3.03. The molecule has 17 heavy (non-hydrogen) atoms. The van der Waals surface area contributed by atoms with E-state index in [-0.39, 0.29) is 11.7 Å². The smallest absolute Gasteiger partial charge is 0.163 e. The Kier molecular flexibility index (Phi) is 5.66. The molecule has 1 atom stereocenters. The highest BCUT2D eigenvalue weighted by Gasteiger charge is 2.15. The number of carbonyl (C=O) groups excluding carboxylic acids is 1. The topological polar surface area (TPSA) is 43.1 Å². The van der Waals surface area contributed by atoms with Gasteiger partial charge in [-0.15, -0.1) is 0 Å². The number of hydrogen-bond acceptors (Lipinski definition) is 2. The van der Waals surface area contributed by atoms with Crippen LogP contribution >= 0.6 is 11.6 Å². The van der Waals surface area contributed by atoms with Crippen LogP contribution in [0.5, 0.6) is 0 Å². The molecule has 0 aliphatic carbocycles. The van der Waals surface area contributed by atoms with Crippen LogP contribution in [0.3, 0.4) is 0 Å². The van der Waals surface area contributed by atoms with Gasteiger partial charge in [0.1, 0.15) is 0 Å². The predicted octanol–water partition coefficient (Wildman–Crippen LogP) is 3.53. The van der Waals surface area contributed by atoms with Crippen molar-refractivity contribution in [3.63, 3.8) is 0 Å². The van der Waals surface area contributed by atoms with Crippen LogP contribution in [0, 0.1) is 11.8 Å². The van der Waals surface area contributed by atoms with E-state index in [1.807, 2.05) is 0 Å². The molecule has 0 aliphatic heterocycles. The minimum atomic E-state index is 0.151. The Labute approximate surface area is 108 Å². The van der Waals surface area contributed by atoms with Crippen LogP contribution in [0.1, 0.15) is 37.0 Å². The fourth-order valence-corrected chi connectivity index (χ4v) is 2.07. The van der Waals surface area contributed by atoms with Crippen molar-refractivity contribution in [3.05, 3.63) is 34.9 Å². The molecule has 0 amide bonds. The maximum Gasteiger partial charge on any atom is 0.163 e. The molecule has 0 bridgehead atoms. The summed E-state index contributed by atoms with van der Waals surface area (Å²) < 4.78 is 0. The molecule has 0 fully saturated rings. The van der Waals surface area contributed by atoms with E-state index in [1.54, 1.807) is 24.3 Å². The number of Topliss-reactive ketones (excluding diaryl/α,β-unsaturated/α-hetero) is 1. The number of ketones is 1. The van der Waals surface area contributed by atoms with Gasteiger partial charge in [0.05, 0.1) is 0 Å². The van der Waals surface area contributed by atoms with Crippen molar-refractivity contribution >= 4 is 17.4 Å². The Hall–Kier alpha value is -0.860. The molecule has 0 aliphatic rings. The molecule has 1 rings (SSSR count). The van der Waals surface area contributed by atoms with E-state index < -0.39 is 0 Å². The number of benzene rings is 1. The molecule has 0 spiro atoms. The molecule has 1 aromatic carbocycles. The average Bonchev–Trinajstić information content (AvgIpc) is 2.28. The molecule has 1 unspecified atom stereocenters. The third kappa shape index (κ3) is 4.88. The van der Waals surface area contributed by atoms with E-state index >= 15 is 0 Å². The van der Waals surface area contributed by atoms with Gasteiger partial charge < -0.3 is 5.73 Å². The van der Waals surface area contributed by atoms with Crippen molar-refractivity contribution in [2.45, 2.75) is 26.7 Å². The molecular weight excluding hydrogens is 234 g/mol. The van der Waals surface area contributed by atoms with Crippen LogP contribution in [-0.4, -0.2) is 12.3 Å². The van der Waals surface area contributed by atoms with Crippen molar-refractivity contribution in [1.29, 1.82) is 0 Å². The molecule has 0 radical (unpaired) electrons. The minimum Gasteiger partial charge on any atom is -0.330 e. The second-order valence-electron chi connectivity index (χ2n) is 4.87. The quantitative estimate of drug-likeness (QED) is 0.788. The first-order valence-electron chi connectivity index (χ1n) is 6.01. The SMILES string of the molecule is CC(C)CC(CN)CC(=O)c1ccc(Cl)cc1. The fourth-order valence-electron chi connectivity index (χ4n) is 1.95. The summed E-state index contributed by atoms with van der Waals surface area (Å²) in [5.41, 5.74) is 6.42. The summed E-state index contributed by atoms with van der Waals surface area (Å²) in [6.45, 7) is 4.86. The molecule has 2 nitrogen and oxygen atoms in total. The summed E-state index contributed by atoms with van der Waals surface area (Å²) in [4.78, 5) is 12.0. The molecule has 94 valence electrons. The van der Waals surface area contributed by atoms with Gasteiger partial charge in [0, 0.05) is 17.0 Å². The van der Waals surface area contributed by atoms with Crippen LogP contribution < -0.4 is 5.73 Å². The molecule has 3 heteroatoms. The second-order valence-corrected chi connectivity index (χ2v) is 5.30. The number of nitrogens with two attached hydrogens (primary N) is 1. The fraction of sp³-hybridized carbons (Fsp3) is 0.500. The number of halogens is 1. The summed E-state index contributed by atoms with van der Waals surface area (Å²) in [6, 6.07) is 7.03. The maximum atomic E-state index is 12.0. The summed E-state index contributed by atoms with van der Waals surface area (Å²) >= 11 is 5.79. The molecule has 2 N–H and O–H groups in total. The van der Waals surface area contributed by atoms with Gasteiger partial charge >= 0.3 is 0 Å². The lowest BCUT2D eigenvalue weighted by atomic mass is 9.91. The standard InChI is InChI=1S/C14H20ClNO/c1-10(2)7-11(9-16)8-14(17)12-3-5-13(15)6-4-12/h3-6,10-11H,7-9,16H2,1-2H3. The summed E-state index contributed by atoms with van der Waals surface area (Å²) in [7, 11) is 0. The lowest BCUT2D eigenvalue weighted by Crippen LogP contribution is -2.20. The predicted molar refractivity (Wildman–Crippen MR) is 72.4 cm³/mol. The average molecular weight is 254 g/mol. The summed E-state index contributed by atoms with van der Waals surface area (Å²) in [5, 5.41) is 0.652. The lowest BCUT2D eigenvalue weighted by Gasteiger charge is -2.16. The van der Waals surface area contributed by atoms with Crippen molar-refractivity contribution in [1.82, 2.24) is 0 Å². The first-order chi connectivity index (χ1) is 8.02. The second kappa shape index (κ2) is 6.77. The van der Waals surface area contributed by atoms with E-state index in [9.17, 15) is 4.79 Å². The molecule has 0 aromatic heterocycles. The molecular formula is C14H20ClNO. The van der Waals surface area contributed by atoms with Crippen LogP contribution in [0.2, 0.25) is 5.02 Å². The normalized spacial score (nSPS) is 12.8. The highest BCUT2D eigenvalue weighted by molar-refractivity contribution is 6.30. The highest BCUT2D eigenvalue weighted by Crippen LogP contribution is 2.18. The van der Waals surface area contributed by atoms with Gasteiger partial charge in [-0.2, -0.15) is 0 Å². The first-order valence-corrected chi connectivity index (χ1v) is 6.39. The Morgan fingerprint density at radius 2 is 1.88 bits per heavy atom. The maximum absolute atomic E-state index is 12.0. The zero-order valence-corrected chi connectivity index (χ0v) is 11.2. The monoisotopic (exact) mass is 253 g/mol. The van der Waals surface area contributed by atoms with Crippen LogP contribution in [0.4, 0.5) is 0 Å². The van der Waals surface area contributed by atoms with Gasteiger partial charge in [-0.3, -0.25) is 4.79 Å². The third-order valence-electron chi connectivity index (χ3n) is 2.78. The van der Waals surface area contributed by atoms with Crippen LogP contribution in [0.15, 0.2) is 24.3 Å². The van der Waals surface area contributed by atoms with Crippen molar-refractivity contribution in [3.8, 4) is 0 Å². The van der Waals surface area contributed by atoms with E-state index in [2.05, 4.69) is 13.8 Å². The molecule has 1 aromatic rings. The first kappa shape index (κ1) is 14.2. The Morgan fingerprint density at radius 3 is 2.35 bits per heavy atom. The largest absolute Gasteiger partial charge is 0.330 e. The molecule has 0 saturated heterocycles. The minimum absolute atomic E-state index is 0.151. The van der Waals surface area contributed by atoms with E-state index in [1.165, 1.54) is 0 Å². The highest BCUT2D eigenvalue weighted by atomic mass is 35.5. The lowest BCUT2D eigenvalue weighted by molar-refractivity contribution is 0.0957. The van der Waals surface area contributed by atoms with Crippen molar-refractivity contribution in [2.75, 3.05) is 6.54 Å². The van der Waals surface area contributed by atoms with Gasteiger partial charge in [0.2, 0.25) is 0 Å². The van der Waals surface area contributed by atoms with Gasteiger partial charge in [-0.1, -0.05) is 25.4 Å². The van der Waals surface area contributed by atoms with Crippen LogP contribution in [0.25, 0.3) is 0 Å². The van der Waals surface area contributed by atoms with E-state index in [0.717, 1.165) is 12.0 Å². The van der Waals surface area contributed by atoms with Gasteiger partial charge in [-0.25, -0.2) is 0 Å². The molecule has 0 heterocycles.